The van der Waals surface area contributed by atoms with Crippen molar-refractivity contribution in [3.8, 4) is 23.0 Å². The zero-order valence-corrected chi connectivity index (χ0v) is 46.5. The van der Waals surface area contributed by atoms with Crippen LogP contribution >= 0.6 is 0 Å². The number of β-lactam (4-membered cyclic amide) rings is 1. The number of non-ortho nitro benzene ring substituents is 1. The van der Waals surface area contributed by atoms with E-state index in [-0.39, 0.29) is 128 Å². The maximum absolute atomic E-state index is 16.7. The van der Waals surface area contributed by atoms with Gasteiger partial charge < -0.3 is 33.9 Å². The molecule has 0 bridgehead atoms. The molecular weight excluding hydrogens is 1080 g/mol. The Morgan fingerprint density at radius 1 is 0.631 bits per heavy atom. The number of nitrogens with one attached hydrogen (secondary N) is 1. The number of amides is 2. The zero-order valence-electron chi connectivity index (χ0n) is 46.5. The molecule has 84 heavy (non-hydrogen) atoms. The highest BCUT2D eigenvalue weighted by Gasteiger charge is 2.59. The van der Waals surface area contributed by atoms with Crippen LogP contribution in [0.15, 0.2) is 181 Å². The monoisotopic (exact) mass is 1140 g/mol. The SMILES string of the molecule is CC(C)[C@H]1C(=O)N2C(C(=O)OC(=O)c3ccc([N+](=O)[O-])cc3)=C(CN(CCCC(=O)c3ccc(OCc4ccccc4)c(OCc4ccccc4)c3F)CCNC(=O)c3ccc(OCc4ccccc4)c(OCc4ccccc4)c3F)[C@H](C)[C@H]12. The van der Waals surface area contributed by atoms with Crippen LogP contribution < -0.4 is 24.3 Å². The van der Waals surface area contributed by atoms with Gasteiger partial charge in [-0.3, -0.25) is 29.4 Å². The first-order chi connectivity index (χ1) is 40.7. The summed E-state index contributed by atoms with van der Waals surface area (Å²) in [7, 11) is 0. The summed E-state index contributed by atoms with van der Waals surface area (Å²) >= 11 is 0. The second kappa shape index (κ2) is 27.5. The molecule has 7 aromatic carbocycles. The number of carbonyl (C=O) groups excluding carboxylic acids is 5. The molecule has 0 unspecified atom stereocenters. The van der Waals surface area contributed by atoms with E-state index in [2.05, 4.69) is 5.32 Å². The van der Waals surface area contributed by atoms with Gasteiger partial charge in [0.25, 0.3) is 11.6 Å². The van der Waals surface area contributed by atoms with Crippen LogP contribution in [0, 0.1) is 39.5 Å². The molecule has 18 heteroatoms. The minimum absolute atomic E-state index is 0.0102. The summed E-state index contributed by atoms with van der Waals surface area (Å²) in [5.74, 6) is -7.10. The number of Topliss-reactive ketones (excluding diaryl/α,β-unsaturated/α-hetero) is 1. The number of fused-ring (bicyclic) bond motifs is 1. The summed E-state index contributed by atoms with van der Waals surface area (Å²) in [6, 6.07) is 46.5. The van der Waals surface area contributed by atoms with Crippen molar-refractivity contribution in [2.45, 2.75) is 66.1 Å². The molecule has 0 aliphatic carbocycles. The third-order valence-corrected chi connectivity index (χ3v) is 14.8. The second-order valence-corrected chi connectivity index (χ2v) is 20.8. The van der Waals surface area contributed by atoms with Crippen LogP contribution in [0.4, 0.5) is 14.5 Å². The maximum Gasteiger partial charge on any atom is 0.362 e. The molecular formula is C66H62F2N4O12. The average Bonchev–Trinajstić information content (AvgIpc) is 2.37. The van der Waals surface area contributed by atoms with E-state index in [1.165, 1.54) is 29.2 Å². The Hall–Kier alpha value is -9.55. The number of esters is 2. The number of rotatable bonds is 27. The Kier molecular flexibility index (Phi) is 19.3. The van der Waals surface area contributed by atoms with Gasteiger partial charge in [-0.05, 0) is 83.1 Å². The van der Waals surface area contributed by atoms with Crippen LogP contribution in [0.25, 0.3) is 0 Å². The van der Waals surface area contributed by atoms with Crippen LogP contribution in [0.5, 0.6) is 23.0 Å². The van der Waals surface area contributed by atoms with Crippen LogP contribution in [0.1, 0.15) is 86.9 Å². The van der Waals surface area contributed by atoms with Gasteiger partial charge in [-0.15, -0.1) is 0 Å². The van der Waals surface area contributed by atoms with Gasteiger partial charge in [-0.2, -0.15) is 0 Å². The lowest BCUT2D eigenvalue weighted by Crippen LogP contribution is -2.62. The molecule has 16 nitrogen and oxygen atoms in total. The maximum atomic E-state index is 16.7. The molecule has 2 amide bonds. The van der Waals surface area contributed by atoms with Gasteiger partial charge in [0.1, 0.15) is 32.1 Å². The Morgan fingerprint density at radius 3 is 1.60 bits per heavy atom. The van der Waals surface area contributed by atoms with Gasteiger partial charge >= 0.3 is 11.9 Å². The van der Waals surface area contributed by atoms with Crippen LogP contribution in [0.2, 0.25) is 0 Å². The fourth-order valence-corrected chi connectivity index (χ4v) is 10.4. The van der Waals surface area contributed by atoms with Crippen molar-refractivity contribution in [2.24, 2.45) is 17.8 Å². The van der Waals surface area contributed by atoms with Crippen molar-refractivity contribution in [1.29, 1.82) is 0 Å². The van der Waals surface area contributed by atoms with E-state index >= 15 is 8.78 Å². The Balaban J connectivity index is 0.972. The number of ether oxygens (including phenoxy) is 5. The highest BCUT2D eigenvalue weighted by Crippen LogP contribution is 2.49. The van der Waals surface area contributed by atoms with E-state index in [1.54, 1.807) is 0 Å². The van der Waals surface area contributed by atoms with Gasteiger partial charge in [0.05, 0.1) is 33.6 Å². The number of ketones is 1. The fraction of sp³-hybridized carbons (Fsp3) is 0.258. The minimum Gasteiger partial charge on any atom is -0.485 e. The molecule has 1 N–H and O–H groups in total. The topological polar surface area (TPSA) is 193 Å². The average molecular weight is 1140 g/mol. The predicted molar refractivity (Wildman–Crippen MR) is 307 cm³/mol. The minimum atomic E-state index is -1.12. The molecule has 1 fully saturated rings. The molecule has 3 atom stereocenters. The van der Waals surface area contributed by atoms with Crippen molar-refractivity contribution >= 4 is 35.2 Å². The number of nitro benzene ring substituents is 1. The molecule has 0 aromatic heterocycles. The van der Waals surface area contributed by atoms with Crippen molar-refractivity contribution in [1.82, 2.24) is 15.1 Å². The largest absolute Gasteiger partial charge is 0.485 e. The summed E-state index contributed by atoms with van der Waals surface area (Å²) in [4.78, 5) is 83.7. The van der Waals surface area contributed by atoms with Gasteiger partial charge in [0.2, 0.25) is 5.91 Å². The standard InChI is InChI=1S/C66H62F2N4O12/c1-42(2)56-59-43(3)52(60(71(59)64(56)75)66(77)84-65(76)48-26-28-49(29-27-48)72(78)79)37-70(35-16-25-53(73)50-30-32-54(80-38-44-17-8-4-9-18-44)61(57(50)67)82-40-46-21-12-6-13-22-46)36-34-69-63(74)51-31-33-55(81-39-45-19-10-5-11-20-45)62(58(51)68)83-41-47-23-14-7-15-24-47/h4-15,17-24,26-33,42-43,56,59H,16,25,34-41H2,1-3H3,(H,69,74)/t43-,56+,59+/m0/s1. The van der Waals surface area contributed by atoms with Crippen LogP contribution in [-0.4, -0.2) is 76.5 Å². The molecule has 432 valence electrons. The van der Waals surface area contributed by atoms with E-state index in [4.69, 9.17) is 23.7 Å². The molecule has 0 saturated carbocycles. The third kappa shape index (κ3) is 14.0. The van der Waals surface area contributed by atoms with Gasteiger partial charge in [0, 0.05) is 44.1 Å². The molecule has 2 aliphatic heterocycles. The zero-order chi connectivity index (χ0) is 59.3. The Labute approximate surface area is 484 Å². The number of carbonyl (C=O) groups is 5. The number of halogens is 2. The Bertz CT molecular complexity index is 3370. The summed E-state index contributed by atoms with van der Waals surface area (Å²) < 4.78 is 62.9. The number of hydrogen-bond donors (Lipinski definition) is 1. The van der Waals surface area contributed by atoms with Crippen molar-refractivity contribution < 1.29 is 61.4 Å². The van der Waals surface area contributed by atoms with E-state index in [1.807, 2.05) is 147 Å². The van der Waals surface area contributed by atoms with Crippen molar-refractivity contribution in [3.63, 3.8) is 0 Å². The van der Waals surface area contributed by atoms with E-state index < -0.39 is 58.1 Å². The van der Waals surface area contributed by atoms with E-state index in [0.717, 1.165) is 46.5 Å². The molecule has 7 aromatic rings. The Morgan fingerprint density at radius 2 is 1.11 bits per heavy atom. The lowest BCUT2D eigenvalue weighted by molar-refractivity contribution is -0.384. The van der Waals surface area contributed by atoms with Crippen LogP contribution in [-0.2, 0) is 40.8 Å². The lowest BCUT2D eigenvalue weighted by Gasteiger charge is -2.47. The van der Waals surface area contributed by atoms with Gasteiger partial charge in [-0.25, -0.2) is 18.4 Å². The van der Waals surface area contributed by atoms with E-state index in [0.29, 0.717) is 5.57 Å². The third-order valence-electron chi connectivity index (χ3n) is 14.8. The first-order valence-corrected chi connectivity index (χ1v) is 27.6. The molecule has 9 rings (SSSR count). The summed E-state index contributed by atoms with van der Waals surface area (Å²) in [6.45, 7) is 5.84. The summed E-state index contributed by atoms with van der Waals surface area (Å²) in [5, 5.41) is 14.1. The summed E-state index contributed by atoms with van der Waals surface area (Å²) in [5.41, 5.74) is 2.48. The van der Waals surface area contributed by atoms with Crippen molar-refractivity contribution in [3.05, 3.63) is 242 Å². The fourth-order valence-electron chi connectivity index (χ4n) is 10.4. The first kappa shape index (κ1) is 59.1. The number of hydrogen-bond acceptors (Lipinski definition) is 13. The van der Waals surface area contributed by atoms with Crippen LogP contribution in [0.3, 0.4) is 0 Å². The summed E-state index contributed by atoms with van der Waals surface area (Å²) in [6.07, 6.45) is -0.0473. The second-order valence-electron chi connectivity index (χ2n) is 20.8. The van der Waals surface area contributed by atoms with E-state index in [9.17, 15) is 34.1 Å². The molecule has 0 radical (unpaired) electrons. The normalized spacial score (nSPS) is 15.3. The van der Waals surface area contributed by atoms with Gasteiger partial charge in [0.15, 0.2) is 40.4 Å². The quantitative estimate of drug-likeness (QED) is 0.0128. The highest BCUT2D eigenvalue weighted by atomic mass is 19.1. The number of nitrogens with zero attached hydrogens (tertiary/aromatic N) is 3. The van der Waals surface area contributed by atoms with Gasteiger partial charge in [-0.1, -0.05) is 142 Å². The smallest absolute Gasteiger partial charge is 0.362 e. The lowest BCUT2D eigenvalue weighted by atomic mass is 9.74. The van der Waals surface area contributed by atoms with Crippen molar-refractivity contribution in [2.75, 3.05) is 26.2 Å². The number of nitro groups is 1. The predicted octanol–water partition coefficient (Wildman–Crippen LogP) is 11.7. The first-order valence-electron chi connectivity index (χ1n) is 27.6. The highest BCUT2D eigenvalue weighted by molar-refractivity contribution is 6.06. The molecule has 0 spiro atoms. The molecule has 2 heterocycles. The molecule has 1 saturated heterocycles. The molecule has 2 aliphatic rings. The number of benzene rings is 7.